The summed E-state index contributed by atoms with van der Waals surface area (Å²) in [5.41, 5.74) is 0.302. The fourth-order valence-electron chi connectivity index (χ4n) is 1.61. The zero-order chi connectivity index (χ0) is 12.1. The molecule has 0 bridgehead atoms. The molecule has 0 aromatic heterocycles. The molecule has 0 aliphatic heterocycles. The van der Waals surface area contributed by atoms with E-state index >= 15 is 0 Å². The summed E-state index contributed by atoms with van der Waals surface area (Å²) in [6, 6.07) is 0. The first-order chi connectivity index (χ1) is 6.84. The lowest BCUT2D eigenvalue weighted by Gasteiger charge is -2.30. The number of hydrogen-bond acceptors (Lipinski definition) is 2. The first kappa shape index (κ1) is 14.5. The van der Waals surface area contributed by atoms with E-state index in [0.29, 0.717) is 5.41 Å². The number of rotatable bonds is 6. The van der Waals surface area contributed by atoms with Gasteiger partial charge in [-0.2, -0.15) is 0 Å². The maximum atomic E-state index is 11.4. The lowest BCUT2D eigenvalue weighted by atomic mass is 9.80. The second kappa shape index (κ2) is 6.14. The molecule has 2 nitrogen and oxygen atoms in total. The third-order valence-electron chi connectivity index (χ3n) is 3.28. The van der Waals surface area contributed by atoms with E-state index in [4.69, 9.17) is 4.74 Å². The van der Waals surface area contributed by atoms with Crippen LogP contribution >= 0.6 is 0 Å². The minimum Gasteiger partial charge on any atom is -0.462 e. The molecule has 0 N–H and O–H groups in total. The van der Waals surface area contributed by atoms with Crippen molar-refractivity contribution >= 4 is 5.97 Å². The molecule has 0 heterocycles. The first-order valence-corrected chi connectivity index (χ1v) is 6.05. The standard InChI is InChI=1S/C13H26O2/c1-7-13(6,8-2)9-11(5)15-12(14)10(3)4/h10-11H,7-9H2,1-6H3. The second-order valence-electron chi connectivity index (χ2n) is 5.12. The van der Waals surface area contributed by atoms with Crippen LogP contribution in [0, 0.1) is 11.3 Å². The highest BCUT2D eigenvalue weighted by atomic mass is 16.5. The minimum absolute atomic E-state index is 0.0260. The third-order valence-corrected chi connectivity index (χ3v) is 3.28. The summed E-state index contributed by atoms with van der Waals surface area (Å²) in [6.07, 6.45) is 3.25. The average Bonchev–Trinajstić information content (AvgIpc) is 2.17. The van der Waals surface area contributed by atoms with E-state index in [9.17, 15) is 4.79 Å². The van der Waals surface area contributed by atoms with Crippen molar-refractivity contribution in [2.75, 3.05) is 0 Å². The fraction of sp³-hybridized carbons (Fsp3) is 0.923. The Kier molecular flexibility index (Phi) is 5.92. The summed E-state index contributed by atoms with van der Waals surface area (Å²) in [7, 11) is 0. The van der Waals surface area contributed by atoms with Crippen LogP contribution in [0.15, 0.2) is 0 Å². The van der Waals surface area contributed by atoms with E-state index in [0.717, 1.165) is 19.3 Å². The monoisotopic (exact) mass is 214 g/mol. The van der Waals surface area contributed by atoms with Crippen LogP contribution in [0.4, 0.5) is 0 Å². The SMILES string of the molecule is CCC(C)(CC)CC(C)OC(=O)C(C)C. The van der Waals surface area contributed by atoms with Gasteiger partial charge in [0.1, 0.15) is 0 Å². The Morgan fingerprint density at radius 1 is 1.20 bits per heavy atom. The van der Waals surface area contributed by atoms with Gasteiger partial charge < -0.3 is 4.74 Å². The van der Waals surface area contributed by atoms with E-state index in [1.54, 1.807) is 0 Å². The molecular formula is C13H26O2. The highest BCUT2D eigenvalue weighted by Gasteiger charge is 2.24. The Morgan fingerprint density at radius 2 is 1.67 bits per heavy atom. The molecule has 1 unspecified atom stereocenters. The summed E-state index contributed by atoms with van der Waals surface area (Å²) in [5, 5.41) is 0. The third kappa shape index (κ3) is 5.19. The number of ether oxygens (including phenoxy) is 1. The molecule has 0 aliphatic carbocycles. The molecule has 0 fully saturated rings. The highest BCUT2D eigenvalue weighted by Crippen LogP contribution is 2.31. The number of carbonyl (C=O) groups is 1. The van der Waals surface area contributed by atoms with Crippen LogP contribution in [0.5, 0.6) is 0 Å². The Bertz CT molecular complexity index is 193. The van der Waals surface area contributed by atoms with Crippen LogP contribution in [-0.4, -0.2) is 12.1 Å². The van der Waals surface area contributed by atoms with Gasteiger partial charge >= 0.3 is 5.97 Å². The van der Waals surface area contributed by atoms with Crippen molar-refractivity contribution in [2.45, 2.75) is 66.9 Å². The second-order valence-corrected chi connectivity index (χ2v) is 5.12. The van der Waals surface area contributed by atoms with Gasteiger partial charge in [0.2, 0.25) is 0 Å². The summed E-state index contributed by atoms with van der Waals surface area (Å²) in [4.78, 5) is 11.4. The maximum Gasteiger partial charge on any atom is 0.308 e. The molecule has 15 heavy (non-hydrogen) atoms. The Labute approximate surface area is 94.4 Å². The predicted molar refractivity (Wildman–Crippen MR) is 63.7 cm³/mol. The average molecular weight is 214 g/mol. The topological polar surface area (TPSA) is 26.3 Å². The molecule has 1 atom stereocenters. The lowest BCUT2D eigenvalue weighted by Crippen LogP contribution is -2.26. The van der Waals surface area contributed by atoms with Gasteiger partial charge in [-0.25, -0.2) is 0 Å². The summed E-state index contributed by atoms with van der Waals surface area (Å²) in [5.74, 6) is -0.112. The fourth-order valence-corrected chi connectivity index (χ4v) is 1.61. The largest absolute Gasteiger partial charge is 0.462 e. The molecule has 0 aliphatic rings. The molecule has 2 heteroatoms. The van der Waals surface area contributed by atoms with E-state index in [1.807, 2.05) is 20.8 Å². The molecule has 0 aromatic carbocycles. The van der Waals surface area contributed by atoms with Crippen LogP contribution in [-0.2, 0) is 9.53 Å². The zero-order valence-corrected chi connectivity index (χ0v) is 11.1. The van der Waals surface area contributed by atoms with Crippen LogP contribution in [0.1, 0.15) is 60.8 Å². The minimum atomic E-state index is -0.0861. The van der Waals surface area contributed by atoms with Gasteiger partial charge in [0.05, 0.1) is 12.0 Å². The molecular weight excluding hydrogens is 188 g/mol. The molecule has 0 radical (unpaired) electrons. The Hall–Kier alpha value is -0.530. The quantitative estimate of drug-likeness (QED) is 0.629. The molecule has 0 amide bonds. The van der Waals surface area contributed by atoms with Crippen molar-refractivity contribution < 1.29 is 9.53 Å². The molecule has 0 aromatic rings. The van der Waals surface area contributed by atoms with Crippen molar-refractivity contribution in [3.8, 4) is 0 Å². The Balaban J connectivity index is 4.13. The van der Waals surface area contributed by atoms with Crippen molar-refractivity contribution in [3.63, 3.8) is 0 Å². The van der Waals surface area contributed by atoms with Gasteiger partial charge in [0.25, 0.3) is 0 Å². The molecule has 90 valence electrons. The zero-order valence-electron chi connectivity index (χ0n) is 11.1. The summed E-state index contributed by atoms with van der Waals surface area (Å²) in [6.45, 7) is 12.4. The van der Waals surface area contributed by atoms with E-state index in [1.165, 1.54) is 0 Å². The van der Waals surface area contributed by atoms with E-state index in [2.05, 4.69) is 20.8 Å². The Morgan fingerprint density at radius 3 is 2.00 bits per heavy atom. The smallest absolute Gasteiger partial charge is 0.308 e. The van der Waals surface area contributed by atoms with E-state index < -0.39 is 0 Å². The van der Waals surface area contributed by atoms with Crippen LogP contribution in [0.3, 0.4) is 0 Å². The van der Waals surface area contributed by atoms with Gasteiger partial charge in [-0.3, -0.25) is 4.79 Å². The molecule has 0 rings (SSSR count). The number of carbonyl (C=O) groups excluding carboxylic acids is 1. The van der Waals surface area contributed by atoms with Gasteiger partial charge in [-0.15, -0.1) is 0 Å². The van der Waals surface area contributed by atoms with Gasteiger partial charge in [0.15, 0.2) is 0 Å². The van der Waals surface area contributed by atoms with Crippen LogP contribution < -0.4 is 0 Å². The van der Waals surface area contributed by atoms with Crippen molar-refractivity contribution in [3.05, 3.63) is 0 Å². The normalized spacial score (nSPS) is 14.1. The van der Waals surface area contributed by atoms with Crippen LogP contribution in [0.25, 0.3) is 0 Å². The first-order valence-electron chi connectivity index (χ1n) is 6.05. The number of hydrogen-bond donors (Lipinski definition) is 0. The van der Waals surface area contributed by atoms with Gasteiger partial charge in [0, 0.05) is 0 Å². The molecule has 0 saturated heterocycles. The number of esters is 1. The molecule has 0 spiro atoms. The van der Waals surface area contributed by atoms with Gasteiger partial charge in [-0.1, -0.05) is 47.5 Å². The van der Waals surface area contributed by atoms with Gasteiger partial charge in [-0.05, 0) is 18.8 Å². The maximum absolute atomic E-state index is 11.4. The lowest BCUT2D eigenvalue weighted by molar-refractivity contribution is -0.153. The van der Waals surface area contributed by atoms with Crippen molar-refractivity contribution in [1.29, 1.82) is 0 Å². The summed E-state index contributed by atoms with van der Waals surface area (Å²) < 4.78 is 5.37. The highest BCUT2D eigenvalue weighted by molar-refractivity contribution is 5.71. The van der Waals surface area contributed by atoms with E-state index in [-0.39, 0.29) is 18.0 Å². The summed E-state index contributed by atoms with van der Waals surface area (Å²) >= 11 is 0. The predicted octanol–water partition coefficient (Wildman–Crippen LogP) is 3.79. The van der Waals surface area contributed by atoms with Crippen LogP contribution in [0.2, 0.25) is 0 Å². The van der Waals surface area contributed by atoms with Crippen molar-refractivity contribution in [2.24, 2.45) is 11.3 Å². The molecule has 0 saturated carbocycles. The van der Waals surface area contributed by atoms with Crippen molar-refractivity contribution in [1.82, 2.24) is 0 Å².